The number of aromatic nitrogens is 3. The Morgan fingerprint density at radius 3 is 1.79 bits per heavy atom. The quantitative estimate of drug-likeness (QED) is 0.108. The predicted octanol–water partition coefficient (Wildman–Crippen LogP) is 13.1. The van der Waals surface area contributed by atoms with Crippen molar-refractivity contribution in [2.24, 2.45) is 0 Å². The maximum absolute atomic E-state index is 9.77. The van der Waals surface area contributed by atoms with Gasteiger partial charge in [-0.15, -0.1) is 90.0 Å². The molecule has 0 atom stereocenters. The molecule has 0 aliphatic rings. The van der Waals surface area contributed by atoms with Crippen LogP contribution < -0.4 is 0 Å². The van der Waals surface area contributed by atoms with Gasteiger partial charge in [0.25, 0.3) is 0 Å². The molecular weight excluding hydrogens is 949 g/mol. The van der Waals surface area contributed by atoms with Crippen molar-refractivity contribution in [3.8, 4) is 39.8 Å². The molecule has 0 saturated heterocycles. The zero-order chi connectivity index (χ0) is 61.0. The number of nitriles is 1. The van der Waals surface area contributed by atoms with Crippen molar-refractivity contribution in [3.05, 3.63) is 208 Å². The SMILES string of the molecule is [2H]c1cc2c(oc3c(-c4cc(C([2H])(C)C)c(C([2H])([2H])C([2H])([2H])c5cc(C([2H])([2H])C([2H])([2H])c6cnc(-c7[c-]cccc7)cc6C([2H])([2H])[2H])cc(C([2H])([2H])C([2H])([2H])c6cnc(-c7[c-]cccc7)cc6C([2H])([2H])[2H])c5)cn4)[c-]ccc32)c([2H])c1C#N.[Ir+3]. The fourth-order valence-electron chi connectivity index (χ4n) is 6.74. The van der Waals surface area contributed by atoms with Gasteiger partial charge in [0.2, 0.25) is 0 Å². The first-order valence-corrected chi connectivity index (χ1v) is 19.3. The van der Waals surface area contributed by atoms with E-state index in [0.717, 1.165) is 30.7 Å². The molecule has 0 spiro atoms. The molecule has 6 heteroatoms. The van der Waals surface area contributed by atoms with E-state index in [-0.39, 0.29) is 77.1 Å². The molecule has 0 amide bonds. The van der Waals surface area contributed by atoms with Gasteiger partial charge < -0.3 is 19.4 Å². The van der Waals surface area contributed by atoms with Crippen LogP contribution in [0, 0.1) is 43.2 Å². The first-order valence-electron chi connectivity index (χ1n) is 29.8. The van der Waals surface area contributed by atoms with Gasteiger partial charge in [-0.1, -0.05) is 78.4 Å². The topological polar surface area (TPSA) is 75.6 Å². The molecular formula is C57H47IrN4O. The van der Waals surface area contributed by atoms with Gasteiger partial charge in [0.15, 0.2) is 0 Å². The third-order valence-electron chi connectivity index (χ3n) is 9.83. The second kappa shape index (κ2) is 19.3. The number of fused-ring (bicyclic) bond motifs is 3. The molecule has 5 nitrogen and oxygen atoms in total. The zero-order valence-corrected chi connectivity index (χ0v) is 36.0. The summed E-state index contributed by atoms with van der Waals surface area (Å²) in [5, 5.41) is 10.4. The molecule has 0 aliphatic heterocycles. The summed E-state index contributed by atoms with van der Waals surface area (Å²) in [6.45, 7) is -3.48. The molecule has 0 fully saturated rings. The largest absolute Gasteiger partial charge is 3.00 e. The number of benzene rings is 5. The van der Waals surface area contributed by atoms with E-state index in [4.69, 9.17) is 15.4 Å². The summed E-state index contributed by atoms with van der Waals surface area (Å²) in [5.74, 6) is -1.78. The summed E-state index contributed by atoms with van der Waals surface area (Å²) in [7, 11) is 0. The third-order valence-corrected chi connectivity index (χ3v) is 9.83. The zero-order valence-electron chi connectivity index (χ0n) is 54.6. The maximum atomic E-state index is 9.77. The van der Waals surface area contributed by atoms with Crippen LogP contribution in [0.25, 0.3) is 55.7 Å². The van der Waals surface area contributed by atoms with E-state index < -0.39 is 102 Å². The van der Waals surface area contributed by atoms with E-state index in [1.54, 1.807) is 42.5 Å². The van der Waals surface area contributed by atoms with Crippen LogP contribution >= 0.6 is 0 Å². The molecule has 5 aromatic carbocycles. The molecule has 0 radical (unpaired) electrons. The van der Waals surface area contributed by atoms with Crippen LogP contribution in [0.5, 0.6) is 0 Å². The Hall–Kier alpha value is -6.51. The summed E-state index contributed by atoms with van der Waals surface area (Å²) in [4.78, 5) is 13.0. The Morgan fingerprint density at radius 1 is 0.683 bits per heavy atom. The monoisotopic (exact) mass is 1020 g/mol. The predicted molar refractivity (Wildman–Crippen MR) is 250 cm³/mol. The van der Waals surface area contributed by atoms with Crippen LogP contribution in [0.2, 0.25) is 0 Å². The van der Waals surface area contributed by atoms with Crippen molar-refractivity contribution < 1.29 is 53.3 Å². The number of furan rings is 1. The Kier molecular flexibility index (Phi) is 7.45. The van der Waals surface area contributed by atoms with Crippen molar-refractivity contribution in [1.29, 1.82) is 5.26 Å². The number of pyridine rings is 3. The number of hydrogen-bond acceptors (Lipinski definition) is 5. The van der Waals surface area contributed by atoms with Crippen LogP contribution in [0.4, 0.5) is 0 Å². The third kappa shape index (κ3) is 9.62. The summed E-state index contributed by atoms with van der Waals surface area (Å²) in [6, 6.07) is 32.8. The van der Waals surface area contributed by atoms with Crippen LogP contribution in [0.3, 0.4) is 0 Å². The molecule has 0 aliphatic carbocycles. The molecule has 0 bridgehead atoms. The first-order chi connectivity index (χ1) is 38.4. The fourth-order valence-corrected chi connectivity index (χ4v) is 6.74. The Labute approximate surface area is 413 Å². The molecule has 0 N–H and O–H groups in total. The van der Waals surface area contributed by atoms with E-state index in [0.29, 0.717) is 40.1 Å². The minimum atomic E-state index is -3.56. The molecule has 0 saturated carbocycles. The van der Waals surface area contributed by atoms with Crippen molar-refractivity contribution in [3.63, 3.8) is 0 Å². The molecule has 4 heterocycles. The van der Waals surface area contributed by atoms with Crippen LogP contribution in [-0.2, 0) is 58.3 Å². The molecule has 4 aromatic heterocycles. The minimum Gasteiger partial charge on any atom is -0.501 e. The van der Waals surface area contributed by atoms with E-state index >= 15 is 0 Å². The maximum Gasteiger partial charge on any atom is 3.00 e. The van der Waals surface area contributed by atoms with Gasteiger partial charge in [0.05, 0.1) is 20.0 Å². The summed E-state index contributed by atoms with van der Waals surface area (Å²) in [6.07, 6.45) is -18.4. The standard InChI is InChI=1S/C57H47N4O.Ir/c1-37(2)52-32-55(51-17-11-16-50-49-25-21-43(33-58)31-56(49)62-57(50)51)61-36-48(52)24-20-42-29-40(18-22-46-34-59-53(26-38(46)3)44-12-7-5-8-13-44)28-41(30-42)19-23-47-35-60-54(27-39(47)4)45-14-9-6-10-15-45;/h5-12,14,16,21,25-32,34-37H,18-20,22-24H2,1-4H3;/q-3;+3/i3D3,4D3,18D2,19D2,20D2,21D,22D2,23D2,24D2,31D,37D;. The number of hydrogen-bond donors (Lipinski definition) is 0. The van der Waals surface area contributed by atoms with Gasteiger partial charge in [-0.05, 0) is 126 Å². The van der Waals surface area contributed by atoms with Crippen LogP contribution in [0.15, 0.2) is 138 Å². The van der Waals surface area contributed by atoms with E-state index in [2.05, 4.69) is 33.2 Å². The smallest absolute Gasteiger partial charge is 0.501 e. The first kappa shape index (κ1) is 24.4. The minimum absolute atomic E-state index is 0. The Balaban J connectivity index is 0.00000920. The molecule has 310 valence electrons. The number of nitrogens with zero attached hydrogens (tertiary/aromatic N) is 4. The fraction of sp³-hybridized carbons (Fsp3) is 0.193. The normalized spacial score (nSPS) is 18.1. The summed E-state index contributed by atoms with van der Waals surface area (Å²) < 4.78 is 199. The number of rotatable bonds is 13. The second-order valence-electron chi connectivity index (χ2n) is 14.3. The molecule has 9 rings (SSSR count). The van der Waals surface area contributed by atoms with Crippen LogP contribution in [0.1, 0.15) is 104 Å². The van der Waals surface area contributed by atoms with Gasteiger partial charge in [-0.2, -0.15) is 5.26 Å². The van der Waals surface area contributed by atoms with Crippen LogP contribution in [-0.4, -0.2) is 15.0 Å². The Bertz CT molecular complexity index is 3910. The van der Waals surface area contributed by atoms with Gasteiger partial charge in [-0.3, -0.25) is 0 Å². The van der Waals surface area contributed by atoms with Gasteiger partial charge in [0, 0.05) is 50.0 Å². The van der Waals surface area contributed by atoms with Crippen molar-refractivity contribution in [2.75, 3.05) is 0 Å². The van der Waals surface area contributed by atoms with Crippen molar-refractivity contribution >= 4 is 21.9 Å². The van der Waals surface area contributed by atoms with Crippen molar-refractivity contribution in [2.45, 2.75) is 71.7 Å². The van der Waals surface area contributed by atoms with E-state index in [9.17, 15) is 23.1 Å². The van der Waals surface area contributed by atoms with Gasteiger partial charge in [0.1, 0.15) is 5.58 Å². The number of aryl methyl sites for hydroxylation is 8. The van der Waals surface area contributed by atoms with Crippen molar-refractivity contribution in [1.82, 2.24) is 15.0 Å². The summed E-state index contributed by atoms with van der Waals surface area (Å²) >= 11 is 0. The molecule has 63 heavy (non-hydrogen) atoms. The van der Waals surface area contributed by atoms with E-state index in [1.165, 1.54) is 44.2 Å². The van der Waals surface area contributed by atoms with Gasteiger partial charge >= 0.3 is 20.1 Å². The molecule has 9 aromatic rings. The van der Waals surface area contributed by atoms with E-state index in [1.807, 2.05) is 6.07 Å². The second-order valence-corrected chi connectivity index (χ2v) is 14.3. The summed E-state index contributed by atoms with van der Waals surface area (Å²) in [5.41, 5.74) is -5.73. The molecule has 0 unspecified atom stereocenters. The average molecular weight is 1020 g/mol. The van der Waals surface area contributed by atoms with Gasteiger partial charge in [-0.25, -0.2) is 0 Å². The average Bonchev–Trinajstić information content (AvgIpc) is 3.63. The Morgan fingerprint density at radius 2 is 1.25 bits per heavy atom.